The van der Waals surface area contributed by atoms with Crippen molar-refractivity contribution in [2.45, 2.75) is 33.3 Å². The molecule has 0 rings (SSSR count). The number of hydrogen-bond donors (Lipinski definition) is 0. The highest BCUT2D eigenvalue weighted by atomic mass is 17.3. The molecule has 0 aliphatic heterocycles. The Bertz CT molecular complexity index is 137. The van der Waals surface area contributed by atoms with Gasteiger partial charge in [-0.25, -0.2) is 0 Å². The molecule has 0 spiro atoms. The summed E-state index contributed by atoms with van der Waals surface area (Å²) in [5.41, 5.74) is -0.550. The van der Waals surface area contributed by atoms with Gasteiger partial charge >= 0.3 is 6.16 Å². The Labute approximate surface area is 71.4 Å². The molecule has 12 heavy (non-hydrogen) atoms. The summed E-state index contributed by atoms with van der Waals surface area (Å²) in [5, 5.41) is 0. The molecule has 0 unspecified atom stereocenters. The van der Waals surface area contributed by atoms with Gasteiger partial charge in [0.15, 0.2) is 0 Å². The molecule has 0 aromatic heterocycles. The van der Waals surface area contributed by atoms with Crippen molar-refractivity contribution in [3.63, 3.8) is 0 Å². The van der Waals surface area contributed by atoms with Crippen LogP contribution in [0.15, 0.2) is 0 Å². The Morgan fingerprint density at radius 1 is 1.25 bits per heavy atom. The monoisotopic (exact) mass is 178 g/mol. The van der Waals surface area contributed by atoms with Gasteiger partial charge in [0.2, 0.25) is 0 Å². The normalized spacial score (nSPS) is 11.0. The molecule has 0 saturated carbocycles. The van der Waals surface area contributed by atoms with Crippen molar-refractivity contribution in [3.05, 3.63) is 0 Å². The summed E-state index contributed by atoms with van der Waals surface area (Å²) in [4.78, 5) is 27.8. The molecule has 0 N–H and O–H groups in total. The van der Waals surface area contributed by atoms with E-state index in [4.69, 9.17) is 0 Å². The molecule has 5 nitrogen and oxygen atoms in total. The zero-order valence-electron chi connectivity index (χ0n) is 7.75. The molecule has 0 atom stereocenters. The molecule has 0 amide bonds. The molecule has 0 fully saturated rings. The van der Waals surface area contributed by atoms with Crippen LogP contribution in [0.1, 0.15) is 27.7 Å². The molecule has 0 aliphatic rings. The van der Waals surface area contributed by atoms with Crippen molar-refractivity contribution in [3.8, 4) is 0 Å². The molecule has 0 aliphatic carbocycles. The predicted octanol–water partition coefficient (Wildman–Crippen LogP) is 1.82. The number of carbonyl (C=O) groups is 1. The van der Waals surface area contributed by atoms with Crippen LogP contribution in [0, 0.1) is 0 Å². The van der Waals surface area contributed by atoms with E-state index in [1.165, 1.54) is 0 Å². The average Bonchev–Trinajstić information content (AvgIpc) is 1.95. The molecule has 72 valence electrons. The summed E-state index contributed by atoms with van der Waals surface area (Å²) in [7, 11) is 0. The fraction of sp³-hybridized carbons (Fsp3) is 0.857. The van der Waals surface area contributed by atoms with Crippen LogP contribution < -0.4 is 0 Å². The Hall–Kier alpha value is -0.810. The van der Waals surface area contributed by atoms with Gasteiger partial charge in [-0.05, 0) is 27.7 Å². The number of carbonyl (C=O) groups excluding carboxylic acids is 1. The molecule has 0 saturated heterocycles. The molecular weight excluding hydrogens is 164 g/mol. The van der Waals surface area contributed by atoms with E-state index in [9.17, 15) is 4.79 Å². The third-order valence-corrected chi connectivity index (χ3v) is 0.605. The van der Waals surface area contributed by atoms with E-state index >= 15 is 0 Å². The van der Waals surface area contributed by atoms with E-state index in [0.717, 1.165) is 0 Å². The van der Waals surface area contributed by atoms with Crippen molar-refractivity contribution in [2.24, 2.45) is 0 Å². The van der Waals surface area contributed by atoms with Crippen LogP contribution in [0.4, 0.5) is 4.79 Å². The first kappa shape index (κ1) is 11.2. The second-order valence-corrected chi connectivity index (χ2v) is 3.02. The molecule has 0 heterocycles. The van der Waals surface area contributed by atoms with Crippen molar-refractivity contribution in [2.75, 3.05) is 6.61 Å². The smallest absolute Gasteiger partial charge is 0.257 e. The minimum absolute atomic E-state index is 0.268. The highest BCUT2D eigenvalue weighted by Gasteiger charge is 2.16. The zero-order valence-corrected chi connectivity index (χ0v) is 7.75. The highest BCUT2D eigenvalue weighted by Crippen LogP contribution is 2.07. The molecule has 5 heteroatoms. The quantitative estimate of drug-likeness (QED) is 0.487. The average molecular weight is 178 g/mol. The molecule has 0 bridgehead atoms. The van der Waals surface area contributed by atoms with Crippen molar-refractivity contribution < 1.29 is 24.3 Å². The topological polar surface area (TPSA) is 54.0 Å². The zero-order chi connectivity index (χ0) is 9.61. The van der Waals surface area contributed by atoms with Gasteiger partial charge in [0, 0.05) is 0 Å². The minimum Gasteiger partial charge on any atom is -0.257 e. The lowest BCUT2D eigenvalue weighted by Gasteiger charge is -2.15. The van der Waals surface area contributed by atoms with Crippen molar-refractivity contribution >= 4 is 6.16 Å². The summed E-state index contributed by atoms with van der Waals surface area (Å²) in [6.07, 6.45) is -1.01. The highest BCUT2D eigenvalue weighted by molar-refractivity contribution is 5.58. The summed E-state index contributed by atoms with van der Waals surface area (Å²) in [6, 6.07) is 0. The van der Waals surface area contributed by atoms with Gasteiger partial charge in [-0.2, -0.15) is 14.6 Å². The molecule has 0 aromatic rings. The van der Waals surface area contributed by atoms with Crippen LogP contribution in [-0.4, -0.2) is 18.4 Å². The second kappa shape index (κ2) is 4.95. The first-order valence-corrected chi connectivity index (χ1v) is 3.65. The fourth-order valence-electron chi connectivity index (χ4n) is 0.280. The SMILES string of the molecule is CCOOC(=O)OOC(C)(C)C. The predicted molar refractivity (Wildman–Crippen MR) is 40.0 cm³/mol. The Morgan fingerprint density at radius 2 is 1.83 bits per heavy atom. The van der Waals surface area contributed by atoms with Crippen LogP contribution in [0.25, 0.3) is 0 Å². The van der Waals surface area contributed by atoms with Crippen molar-refractivity contribution in [1.29, 1.82) is 0 Å². The van der Waals surface area contributed by atoms with Gasteiger partial charge in [-0.3, -0.25) is 9.78 Å². The van der Waals surface area contributed by atoms with Crippen molar-refractivity contribution in [1.82, 2.24) is 0 Å². The van der Waals surface area contributed by atoms with Gasteiger partial charge < -0.3 is 0 Å². The van der Waals surface area contributed by atoms with Crippen LogP contribution in [0.2, 0.25) is 0 Å². The third-order valence-electron chi connectivity index (χ3n) is 0.605. The van der Waals surface area contributed by atoms with E-state index in [1.54, 1.807) is 27.7 Å². The molecule has 0 radical (unpaired) electrons. The van der Waals surface area contributed by atoms with Crippen LogP contribution >= 0.6 is 0 Å². The van der Waals surface area contributed by atoms with Gasteiger partial charge in [0.05, 0.1) is 6.61 Å². The Morgan fingerprint density at radius 3 is 2.25 bits per heavy atom. The van der Waals surface area contributed by atoms with Gasteiger partial charge in [-0.15, -0.1) is 0 Å². The summed E-state index contributed by atoms with van der Waals surface area (Å²) in [5.74, 6) is 0. The van der Waals surface area contributed by atoms with E-state index in [1.807, 2.05) is 0 Å². The third kappa shape index (κ3) is 7.30. The molecule has 0 aromatic carbocycles. The Balaban J connectivity index is 3.44. The maximum atomic E-state index is 10.6. The maximum Gasteiger partial charge on any atom is 0.573 e. The van der Waals surface area contributed by atoms with E-state index in [2.05, 4.69) is 19.6 Å². The fourth-order valence-corrected chi connectivity index (χ4v) is 0.280. The first-order valence-electron chi connectivity index (χ1n) is 3.65. The molecular formula is C7H14O5. The lowest BCUT2D eigenvalue weighted by atomic mass is 10.2. The Kier molecular flexibility index (Phi) is 4.61. The van der Waals surface area contributed by atoms with E-state index in [0.29, 0.717) is 0 Å². The summed E-state index contributed by atoms with van der Waals surface area (Å²) >= 11 is 0. The lowest BCUT2D eigenvalue weighted by Crippen LogP contribution is -2.22. The van der Waals surface area contributed by atoms with E-state index < -0.39 is 11.8 Å². The lowest BCUT2D eigenvalue weighted by molar-refractivity contribution is -0.349. The van der Waals surface area contributed by atoms with Gasteiger partial charge in [0.25, 0.3) is 0 Å². The van der Waals surface area contributed by atoms with Crippen LogP contribution in [0.5, 0.6) is 0 Å². The summed E-state index contributed by atoms with van der Waals surface area (Å²) < 4.78 is 0. The first-order chi connectivity index (χ1) is 5.45. The largest absolute Gasteiger partial charge is 0.573 e. The van der Waals surface area contributed by atoms with Crippen LogP contribution in [0.3, 0.4) is 0 Å². The van der Waals surface area contributed by atoms with Gasteiger partial charge in [0.1, 0.15) is 5.60 Å². The van der Waals surface area contributed by atoms with E-state index in [-0.39, 0.29) is 6.61 Å². The summed E-state index contributed by atoms with van der Waals surface area (Å²) in [6.45, 7) is 7.16. The van der Waals surface area contributed by atoms with Gasteiger partial charge in [-0.1, -0.05) is 0 Å². The minimum atomic E-state index is -1.01. The van der Waals surface area contributed by atoms with Crippen LogP contribution in [-0.2, 0) is 19.6 Å². The second-order valence-electron chi connectivity index (χ2n) is 3.02. The number of rotatable bonds is 3. The maximum absolute atomic E-state index is 10.6. The standard InChI is InChI=1S/C7H14O5/c1-5-9-10-6(8)11-12-7(2,3)4/h5H2,1-4H3. The number of hydrogen-bond acceptors (Lipinski definition) is 5.